The van der Waals surface area contributed by atoms with Crippen LogP contribution in [0.1, 0.15) is 17.9 Å². The van der Waals surface area contributed by atoms with Crippen molar-refractivity contribution in [2.75, 3.05) is 6.54 Å². The highest BCUT2D eigenvalue weighted by molar-refractivity contribution is 5.93. The third-order valence-corrected chi connectivity index (χ3v) is 2.84. The summed E-state index contributed by atoms with van der Waals surface area (Å²) in [5.41, 5.74) is 4.90. The number of nitrogens with one attached hydrogen (secondary N) is 1. The highest BCUT2D eigenvalue weighted by atomic mass is 16.3. The number of hydrogen-bond donors (Lipinski definition) is 2. The number of carbonyl (C=O) groups is 2. The molecule has 0 saturated heterocycles. The number of amides is 3. The van der Waals surface area contributed by atoms with Gasteiger partial charge in [-0.25, -0.2) is 4.79 Å². The lowest BCUT2D eigenvalue weighted by Crippen LogP contribution is -2.37. The SMILES string of the molecule is NC(=O)NC(=O)CCN(Cc1ccco1)Cc1ccco1. The Balaban J connectivity index is 1.91. The first-order valence-electron chi connectivity index (χ1n) is 6.50. The molecule has 0 radical (unpaired) electrons. The van der Waals surface area contributed by atoms with Gasteiger partial charge in [0.2, 0.25) is 5.91 Å². The van der Waals surface area contributed by atoms with Gasteiger partial charge in [0.25, 0.3) is 0 Å². The Bertz CT molecular complexity index is 527. The van der Waals surface area contributed by atoms with Gasteiger partial charge in [-0.1, -0.05) is 0 Å². The predicted molar refractivity (Wildman–Crippen MR) is 73.9 cm³/mol. The number of hydrogen-bond acceptors (Lipinski definition) is 5. The normalized spacial score (nSPS) is 10.7. The molecule has 3 amide bonds. The second-order valence-electron chi connectivity index (χ2n) is 4.53. The van der Waals surface area contributed by atoms with Crippen LogP contribution in [-0.4, -0.2) is 23.4 Å². The van der Waals surface area contributed by atoms with Crippen LogP contribution in [0.4, 0.5) is 4.79 Å². The van der Waals surface area contributed by atoms with Gasteiger partial charge >= 0.3 is 6.03 Å². The Morgan fingerprint density at radius 2 is 1.67 bits per heavy atom. The Hall–Kier alpha value is -2.54. The molecule has 0 fully saturated rings. The molecule has 0 unspecified atom stereocenters. The van der Waals surface area contributed by atoms with E-state index in [-0.39, 0.29) is 6.42 Å². The number of furan rings is 2. The first-order chi connectivity index (χ1) is 10.1. The minimum absolute atomic E-state index is 0.157. The smallest absolute Gasteiger partial charge is 0.318 e. The minimum Gasteiger partial charge on any atom is -0.468 e. The first kappa shape index (κ1) is 14.9. The number of imide groups is 1. The average molecular weight is 291 g/mol. The molecule has 0 aliphatic carbocycles. The molecule has 2 rings (SSSR count). The van der Waals surface area contributed by atoms with Gasteiger partial charge in [0.15, 0.2) is 0 Å². The van der Waals surface area contributed by atoms with Crippen molar-refractivity contribution < 1.29 is 18.4 Å². The molecular weight excluding hydrogens is 274 g/mol. The summed E-state index contributed by atoms with van der Waals surface area (Å²) in [6, 6.07) is 6.49. The summed E-state index contributed by atoms with van der Waals surface area (Å²) in [7, 11) is 0. The van der Waals surface area contributed by atoms with Gasteiger partial charge in [-0.2, -0.15) is 0 Å². The molecule has 0 aliphatic rings. The zero-order valence-corrected chi connectivity index (χ0v) is 11.5. The third-order valence-electron chi connectivity index (χ3n) is 2.84. The molecule has 0 aromatic carbocycles. The molecule has 2 aromatic heterocycles. The van der Waals surface area contributed by atoms with E-state index in [1.54, 1.807) is 24.7 Å². The van der Waals surface area contributed by atoms with Crippen LogP contribution in [0, 0.1) is 0 Å². The summed E-state index contributed by atoms with van der Waals surface area (Å²) in [4.78, 5) is 24.1. The summed E-state index contributed by atoms with van der Waals surface area (Å²) >= 11 is 0. The van der Waals surface area contributed by atoms with Crippen LogP contribution in [-0.2, 0) is 17.9 Å². The summed E-state index contributed by atoms with van der Waals surface area (Å²) in [5, 5.41) is 2.04. The van der Waals surface area contributed by atoms with Crippen molar-refractivity contribution in [2.45, 2.75) is 19.5 Å². The van der Waals surface area contributed by atoms with E-state index in [4.69, 9.17) is 14.6 Å². The van der Waals surface area contributed by atoms with E-state index in [1.807, 2.05) is 22.3 Å². The van der Waals surface area contributed by atoms with Crippen molar-refractivity contribution in [2.24, 2.45) is 5.73 Å². The highest BCUT2D eigenvalue weighted by Crippen LogP contribution is 2.11. The number of primary amides is 1. The Labute approximate surface area is 121 Å². The molecule has 2 aromatic rings. The van der Waals surface area contributed by atoms with Gasteiger partial charge in [0, 0.05) is 13.0 Å². The maximum atomic E-state index is 11.5. The van der Waals surface area contributed by atoms with E-state index < -0.39 is 11.9 Å². The lowest BCUT2D eigenvalue weighted by molar-refractivity contribution is -0.120. The lowest BCUT2D eigenvalue weighted by atomic mass is 10.3. The van der Waals surface area contributed by atoms with Crippen LogP contribution in [0.3, 0.4) is 0 Å². The van der Waals surface area contributed by atoms with Crippen LogP contribution in [0.2, 0.25) is 0 Å². The van der Waals surface area contributed by atoms with Gasteiger partial charge in [0.1, 0.15) is 11.5 Å². The van der Waals surface area contributed by atoms with Crippen LogP contribution < -0.4 is 11.1 Å². The van der Waals surface area contributed by atoms with Crippen LogP contribution in [0.15, 0.2) is 45.6 Å². The van der Waals surface area contributed by atoms with Gasteiger partial charge in [0.05, 0.1) is 25.6 Å². The van der Waals surface area contributed by atoms with Gasteiger partial charge in [-0.15, -0.1) is 0 Å². The first-order valence-corrected chi connectivity index (χ1v) is 6.50. The topological polar surface area (TPSA) is 102 Å². The van der Waals surface area contributed by atoms with Crippen LogP contribution >= 0.6 is 0 Å². The number of rotatable bonds is 7. The second-order valence-corrected chi connectivity index (χ2v) is 4.53. The maximum Gasteiger partial charge on any atom is 0.318 e. The van der Waals surface area contributed by atoms with Gasteiger partial charge < -0.3 is 14.6 Å². The molecule has 3 N–H and O–H groups in total. The van der Waals surface area contributed by atoms with E-state index in [1.165, 1.54) is 0 Å². The van der Waals surface area contributed by atoms with Crippen molar-refractivity contribution in [3.05, 3.63) is 48.3 Å². The zero-order chi connectivity index (χ0) is 15.1. The summed E-state index contributed by atoms with van der Waals surface area (Å²) in [6.45, 7) is 1.52. The Morgan fingerprint density at radius 1 is 1.10 bits per heavy atom. The van der Waals surface area contributed by atoms with E-state index in [0.29, 0.717) is 19.6 Å². The fraction of sp³-hybridized carbons (Fsp3) is 0.286. The lowest BCUT2D eigenvalue weighted by Gasteiger charge is -2.19. The average Bonchev–Trinajstić information content (AvgIpc) is 3.08. The van der Waals surface area contributed by atoms with Gasteiger partial charge in [-0.3, -0.25) is 15.0 Å². The van der Waals surface area contributed by atoms with Crippen molar-refractivity contribution in [3.8, 4) is 0 Å². The van der Waals surface area contributed by atoms with Crippen LogP contribution in [0.25, 0.3) is 0 Å². The minimum atomic E-state index is -0.844. The van der Waals surface area contributed by atoms with Gasteiger partial charge in [-0.05, 0) is 24.3 Å². The van der Waals surface area contributed by atoms with E-state index >= 15 is 0 Å². The molecule has 7 nitrogen and oxygen atoms in total. The predicted octanol–water partition coefficient (Wildman–Crippen LogP) is 1.46. The van der Waals surface area contributed by atoms with E-state index in [9.17, 15) is 9.59 Å². The van der Waals surface area contributed by atoms with Crippen molar-refractivity contribution in [3.63, 3.8) is 0 Å². The largest absolute Gasteiger partial charge is 0.468 e. The fourth-order valence-electron chi connectivity index (χ4n) is 1.92. The standard InChI is InChI=1S/C14H17N3O4/c15-14(19)16-13(18)5-6-17(9-11-3-1-7-20-11)10-12-4-2-8-21-12/h1-4,7-8H,5-6,9-10H2,(H3,15,16,18,19). The fourth-order valence-corrected chi connectivity index (χ4v) is 1.92. The number of carbonyl (C=O) groups excluding carboxylic acids is 2. The zero-order valence-electron chi connectivity index (χ0n) is 11.5. The molecular formula is C14H17N3O4. The van der Waals surface area contributed by atoms with Crippen molar-refractivity contribution in [1.82, 2.24) is 10.2 Å². The third kappa shape index (κ3) is 5.15. The highest BCUT2D eigenvalue weighted by Gasteiger charge is 2.13. The molecule has 21 heavy (non-hydrogen) atoms. The van der Waals surface area contributed by atoms with Crippen LogP contribution in [0.5, 0.6) is 0 Å². The molecule has 0 spiro atoms. The molecule has 0 saturated carbocycles. The number of urea groups is 1. The number of nitrogens with two attached hydrogens (primary N) is 1. The summed E-state index contributed by atoms with van der Waals surface area (Å²) in [6.07, 6.45) is 3.35. The Morgan fingerprint density at radius 3 is 2.10 bits per heavy atom. The van der Waals surface area contributed by atoms with E-state index in [2.05, 4.69) is 0 Å². The second kappa shape index (κ2) is 7.30. The molecule has 112 valence electrons. The molecule has 0 aliphatic heterocycles. The van der Waals surface area contributed by atoms with Crippen molar-refractivity contribution in [1.29, 1.82) is 0 Å². The Kier molecular flexibility index (Phi) is 5.16. The van der Waals surface area contributed by atoms with E-state index in [0.717, 1.165) is 11.5 Å². The molecule has 2 heterocycles. The maximum absolute atomic E-state index is 11.5. The summed E-state index contributed by atoms with van der Waals surface area (Å²) in [5.74, 6) is 1.17. The molecule has 0 atom stereocenters. The molecule has 0 bridgehead atoms. The number of nitrogens with zero attached hydrogens (tertiary/aromatic N) is 1. The monoisotopic (exact) mass is 291 g/mol. The quantitative estimate of drug-likeness (QED) is 0.804. The summed E-state index contributed by atoms with van der Waals surface area (Å²) < 4.78 is 10.6. The molecule has 7 heteroatoms. The van der Waals surface area contributed by atoms with Crippen molar-refractivity contribution >= 4 is 11.9 Å².